The summed E-state index contributed by atoms with van der Waals surface area (Å²) >= 11 is 0. The largest absolute Gasteiger partial charge is 0.294 e. The van der Waals surface area contributed by atoms with Crippen LogP contribution in [-0.2, 0) is 0 Å². The molecule has 1 unspecified atom stereocenters. The van der Waals surface area contributed by atoms with Crippen LogP contribution in [0.25, 0.3) is 0 Å². The number of benzene rings is 1. The van der Waals surface area contributed by atoms with Crippen LogP contribution in [0.5, 0.6) is 0 Å². The number of rotatable bonds is 7. The molecule has 0 amide bonds. The van der Waals surface area contributed by atoms with Gasteiger partial charge >= 0.3 is 0 Å². The van der Waals surface area contributed by atoms with Gasteiger partial charge in [-0.25, -0.2) is 0 Å². The number of hydrogen-bond donors (Lipinski definition) is 0. The van der Waals surface area contributed by atoms with Gasteiger partial charge < -0.3 is 0 Å². The molecule has 0 heterocycles. The summed E-state index contributed by atoms with van der Waals surface area (Å²) in [4.78, 5) is 13.0. The first-order valence-corrected chi connectivity index (χ1v) is 12.3. The number of Topliss-reactive ketones (excluding diaryl/α,β-unsaturated/α-hetero) is 1. The van der Waals surface area contributed by atoms with E-state index in [-0.39, 0.29) is 5.41 Å². The molecule has 3 atom stereocenters. The summed E-state index contributed by atoms with van der Waals surface area (Å²) in [6.45, 7) is 11.8. The smallest absolute Gasteiger partial charge is 0.168 e. The highest BCUT2D eigenvalue weighted by atomic mass is 28.3. The zero-order valence-electron chi connectivity index (χ0n) is 15.7. The van der Waals surface area contributed by atoms with Gasteiger partial charge in [-0.3, -0.25) is 4.79 Å². The van der Waals surface area contributed by atoms with Crippen molar-refractivity contribution in [2.75, 3.05) is 0 Å². The van der Waals surface area contributed by atoms with E-state index >= 15 is 0 Å². The maximum atomic E-state index is 13.0. The molecule has 0 N–H and O–H groups in total. The van der Waals surface area contributed by atoms with E-state index < -0.39 is 8.07 Å². The van der Waals surface area contributed by atoms with E-state index in [1.807, 2.05) is 30.3 Å². The third-order valence-corrected chi connectivity index (χ3v) is 12.7. The molecule has 23 heavy (non-hydrogen) atoms. The lowest BCUT2D eigenvalue weighted by Crippen LogP contribution is -2.34. The van der Waals surface area contributed by atoms with Crippen molar-refractivity contribution in [3.8, 4) is 0 Å². The van der Waals surface area contributed by atoms with Crippen molar-refractivity contribution in [2.45, 2.75) is 71.6 Å². The van der Waals surface area contributed by atoms with Crippen molar-refractivity contribution in [3.63, 3.8) is 0 Å². The molecule has 0 aliphatic heterocycles. The molecule has 1 saturated carbocycles. The van der Waals surface area contributed by atoms with Gasteiger partial charge in [-0.05, 0) is 24.7 Å². The lowest BCUT2D eigenvalue weighted by Gasteiger charge is -2.33. The minimum absolute atomic E-state index is 0.152. The maximum Gasteiger partial charge on any atom is 0.168 e. The third kappa shape index (κ3) is 3.79. The van der Waals surface area contributed by atoms with Gasteiger partial charge in [-0.15, -0.1) is 0 Å². The van der Waals surface area contributed by atoms with Crippen molar-refractivity contribution >= 4 is 13.9 Å². The van der Waals surface area contributed by atoms with Crippen molar-refractivity contribution in [1.29, 1.82) is 0 Å². The average Bonchev–Trinajstić information content (AvgIpc) is 2.87. The molecule has 1 aliphatic rings. The molecule has 1 aromatic carbocycles. The highest BCUT2D eigenvalue weighted by molar-refractivity contribution is 6.79. The van der Waals surface area contributed by atoms with E-state index in [9.17, 15) is 4.79 Å². The summed E-state index contributed by atoms with van der Waals surface area (Å²) in [7, 11) is -1.11. The Kier molecular flexibility index (Phi) is 5.88. The standard InChI is InChI=1S/C21H34OSi/c1-6-23(7-2,8-3)16-19-15-21(5,14-17(19)4)20(22)18-12-10-9-11-13-18/h9-13,17,19H,6-8,14-16H2,1-5H3/t17-,19+,21?/m1/s1. The number of carbonyl (C=O) groups is 1. The van der Waals surface area contributed by atoms with Gasteiger partial charge in [0.15, 0.2) is 5.78 Å². The number of carbonyl (C=O) groups excluding carboxylic acids is 1. The molecule has 1 aromatic rings. The van der Waals surface area contributed by atoms with Crippen LogP contribution in [0.1, 0.15) is 57.8 Å². The zero-order chi connectivity index (χ0) is 17.1. The normalized spacial score (nSPS) is 28.0. The Hall–Kier alpha value is -0.893. The molecule has 0 bridgehead atoms. The molecular formula is C21H34OSi. The molecule has 2 rings (SSSR count). The quantitative estimate of drug-likeness (QED) is 0.416. The van der Waals surface area contributed by atoms with Crippen LogP contribution in [0.15, 0.2) is 30.3 Å². The lowest BCUT2D eigenvalue weighted by atomic mass is 9.80. The van der Waals surface area contributed by atoms with Gasteiger partial charge in [0.25, 0.3) is 0 Å². The highest BCUT2D eigenvalue weighted by Gasteiger charge is 2.47. The van der Waals surface area contributed by atoms with Gasteiger partial charge in [0, 0.05) is 11.0 Å². The average molecular weight is 331 g/mol. The summed E-state index contributed by atoms with van der Waals surface area (Å²) < 4.78 is 0. The Morgan fingerprint density at radius 3 is 2.17 bits per heavy atom. The minimum Gasteiger partial charge on any atom is -0.294 e. The van der Waals surface area contributed by atoms with Gasteiger partial charge in [-0.1, -0.05) is 89.1 Å². The highest BCUT2D eigenvalue weighted by Crippen LogP contribution is 2.50. The van der Waals surface area contributed by atoms with E-state index in [0.29, 0.717) is 11.7 Å². The zero-order valence-corrected chi connectivity index (χ0v) is 16.7. The van der Waals surface area contributed by atoms with Gasteiger partial charge in [0.1, 0.15) is 0 Å². The molecular weight excluding hydrogens is 296 g/mol. The topological polar surface area (TPSA) is 17.1 Å². The summed E-state index contributed by atoms with van der Waals surface area (Å²) in [5.41, 5.74) is 0.744. The van der Waals surface area contributed by atoms with Crippen LogP contribution < -0.4 is 0 Å². The van der Waals surface area contributed by atoms with E-state index in [1.165, 1.54) is 24.2 Å². The second-order valence-electron chi connectivity index (χ2n) is 8.17. The summed E-state index contributed by atoms with van der Waals surface area (Å²) in [5, 5.41) is 0. The van der Waals surface area contributed by atoms with Crippen LogP contribution in [0.2, 0.25) is 24.2 Å². The first-order chi connectivity index (χ1) is 10.9. The van der Waals surface area contributed by atoms with Crippen molar-refractivity contribution in [2.24, 2.45) is 17.3 Å². The molecule has 2 heteroatoms. The van der Waals surface area contributed by atoms with Crippen molar-refractivity contribution < 1.29 is 4.79 Å². The molecule has 1 fully saturated rings. The van der Waals surface area contributed by atoms with Gasteiger partial charge in [0.05, 0.1) is 8.07 Å². The lowest BCUT2D eigenvalue weighted by molar-refractivity contribution is 0.0815. The second kappa shape index (κ2) is 7.34. The van der Waals surface area contributed by atoms with E-state index in [2.05, 4.69) is 34.6 Å². The first kappa shape index (κ1) is 18.4. The van der Waals surface area contributed by atoms with E-state index in [1.54, 1.807) is 0 Å². The number of hydrogen-bond acceptors (Lipinski definition) is 1. The van der Waals surface area contributed by atoms with E-state index in [4.69, 9.17) is 0 Å². The monoisotopic (exact) mass is 330 g/mol. The molecule has 0 spiro atoms. The van der Waals surface area contributed by atoms with Crippen LogP contribution in [0, 0.1) is 17.3 Å². The fourth-order valence-corrected chi connectivity index (χ4v) is 8.90. The Morgan fingerprint density at radius 2 is 1.65 bits per heavy atom. The summed E-state index contributed by atoms with van der Waals surface area (Å²) in [6.07, 6.45) is 2.16. The van der Waals surface area contributed by atoms with Gasteiger partial charge in [-0.2, -0.15) is 0 Å². The molecule has 0 aromatic heterocycles. The van der Waals surface area contributed by atoms with Crippen molar-refractivity contribution in [1.82, 2.24) is 0 Å². The predicted octanol–water partition coefficient (Wildman–Crippen LogP) is 6.43. The molecule has 1 nitrogen and oxygen atoms in total. The fraction of sp³-hybridized carbons (Fsp3) is 0.667. The Bertz CT molecular complexity index is 512. The molecule has 0 saturated heterocycles. The minimum atomic E-state index is -1.11. The SMILES string of the molecule is CC[Si](CC)(CC)C[C@@H]1CC(C)(C(=O)c2ccccc2)C[C@H]1C. The first-order valence-electron chi connectivity index (χ1n) is 9.49. The predicted molar refractivity (Wildman–Crippen MR) is 103 cm³/mol. The second-order valence-corrected chi connectivity index (χ2v) is 13.7. The molecule has 0 radical (unpaired) electrons. The maximum absolute atomic E-state index is 13.0. The van der Waals surface area contributed by atoms with Crippen LogP contribution in [0.4, 0.5) is 0 Å². The van der Waals surface area contributed by atoms with E-state index in [0.717, 1.165) is 24.3 Å². The summed E-state index contributed by atoms with van der Waals surface area (Å²) in [5.74, 6) is 1.80. The molecule has 1 aliphatic carbocycles. The van der Waals surface area contributed by atoms with Crippen molar-refractivity contribution in [3.05, 3.63) is 35.9 Å². The summed E-state index contributed by atoms with van der Waals surface area (Å²) in [6, 6.07) is 15.5. The van der Waals surface area contributed by atoms with Crippen LogP contribution >= 0.6 is 0 Å². The molecule has 128 valence electrons. The van der Waals surface area contributed by atoms with Crippen LogP contribution in [0.3, 0.4) is 0 Å². The number of ketones is 1. The Balaban J connectivity index is 2.15. The van der Waals surface area contributed by atoms with Crippen LogP contribution in [-0.4, -0.2) is 13.9 Å². The van der Waals surface area contributed by atoms with Gasteiger partial charge in [0.2, 0.25) is 0 Å². The third-order valence-electron chi connectivity index (χ3n) is 6.82. The fourth-order valence-electron chi connectivity index (χ4n) is 4.88. The Morgan fingerprint density at radius 1 is 1.09 bits per heavy atom. The Labute approximate surface area is 143 Å².